The van der Waals surface area contributed by atoms with Crippen molar-refractivity contribution in [1.29, 1.82) is 0 Å². The van der Waals surface area contributed by atoms with Crippen LogP contribution in [0.3, 0.4) is 0 Å². The number of carboxylic acid groups (broad SMARTS) is 1. The Morgan fingerprint density at radius 1 is 0.791 bits per heavy atom. The minimum Gasteiger partial charge on any atom is -0.477 e. The third-order valence-corrected chi connectivity index (χ3v) is 5.91. The largest absolute Gasteiger partial charge is 0.477 e. The lowest BCUT2D eigenvalue weighted by Crippen LogP contribution is -2.05. The first-order valence-corrected chi connectivity index (χ1v) is 12.3. The predicted octanol–water partition coefficient (Wildman–Crippen LogP) is 9.59. The van der Waals surface area contributed by atoms with Crippen molar-refractivity contribution >= 4 is 52.1 Å². The van der Waals surface area contributed by atoms with Crippen LogP contribution in [0.25, 0.3) is 0 Å². The Morgan fingerprint density at radius 2 is 1.42 bits per heavy atom. The second-order valence-corrected chi connectivity index (χ2v) is 9.29. The van der Waals surface area contributed by atoms with Crippen LogP contribution in [0.1, 0.15) is 15.9 Å². The monoisotopic (exact) mass is 662 g/mol. The quantitative estimate of drug-likeness (QED) is 0.117. The molecule has 0 aliphatic heterocycles. The number of ether oxygens (including phenoxy) is 2. The van der Waals surface area contributed by atoms with Gasteiger partial charge in [-0.2, -0.15) is 13.2 Å². The van der Waals surface area contributed by atoms with Crippen molar-refractivity contribution in [3.8, 4) is 23.0 Å². The Labute approximate surface area is 252 Å². The van der Waals surface area contributed by atoms with Gasteiger partial charge in [-0.1, -0.05) is 34.8 Å². The van der Waals surface area contributed by atoms with Crippen molar-refractivity contribution in [2.24, 2.45) is 0 Å². The summed E-state index contributed by atoms with van der Waals surface area (Å²) in [6.07, 6.45) is -4.58. The van der Waals surface area contributed by atoms with Crippen LogP contribution in [-0.2, 0) is 6.18 Å². The van der Waals surface area contributed by atoms with E-state index in [-0.39, 0.29) is 43.8 Å². The average molecular weight is 664 g/mol. The number of hydrogen-bond acceptors (Lipinski definition) is 7. The summed E-state index contributed by atoms with van der Waals surface area (Å²) in [5.41, 5.74) is -2.33. The molecule has 10 nitrogen and oxygen atoms in total. The lowest BCUT2D eigenvalue weighted by molar-refractivity contribution is -0.385. The van der Waals surface area contributed by atoms with Gasteiger partial charge in [0.25, 0.3) is 11.4 Å². The molecule has 0 saturated carbocycles. The second-order valence-electron chi connectivity index (χ2n) is 8.04. The highest BCUT2D eigenvalue weighted by Gasteiger charge is 2.31. The SMILES string of the molecule is O=C(O)c1cc(Oc2ccc(C(F)(F)F)cc2Cl)ccc1[N+](=O)[O-].O=[N+]([O-])c1ccc(Oc2c(F)cc(Cl)cc2Cl)cc1. The van der Waals surface area contributed by atoms with E-state index in [2.05, 4.69) is 0 Å². The smallest absolute Gasteiger partial charge is 0.416 e. The van der Waals surface area contributed by atoms with Crippen molar-refractivity contribution in [3.63, 3.8) is 0 Å². The molecule has 4 rings (SSSR count). The highest BCUT2D eigenvalue weighted by molar-refractivity contribution is 6.35. The van der Waals surface area contributed by atoms with Crippen LogP contribution in [0.2, 0.25) is 15.1 Å². The molecular weight excluding hydrogens is 651 g/mol. The van der Waals surface area contributed by atoms with Gasteiger partial charge in [-0.05, 0) is 48.5 Å². The maximum Gasteiger partial charge on any atom is 0.416 e. The van der Waals surface area contributed by atoms with E-state index in [0.29, 0.717) is 6.07 Å². The van der Waals surface area contributed by atoms with Gasteiger partial charge in [-0.15, -0.1) is 0 Å². The number of carboxylic acids is 1. The lowest BCUT2D eigenvalue weighted by Gasteiger charge is -2.11. The number of carbonyl (C=O) groups is 1. The van der Waals surface area contributed by atoms with E-state index in [1.54, 1.807) is 0 Å². The average Bonchev–Trinajstić information content (AvgIpc) is 2.91. The summed E-state index contributed by atoms with van der Waals surface area (Å²) in [4.78, 5) is 30.9. The van der Waals surface area contributed by atoms with Gasteiger partial charge in [0, 0.05) is 29.3 Å². The molecule has 4 aromatic rings. The minimum absolute atomic E-state index is 0.0170. The fraction of sp³-hybridized carbons (Fsp3) is 0.0385. The molecule has 0 fully saturated rings. The van der Waals surface area contributed by atoms with Gasteiger partial charge in [0.05, 0.1) is 25.5 Å². The third-order valence-electron chi connectivity index (χ3n) is 5.11. The highest BCUT2D eigenvalue weighted by atomic mass is 35.5. The number of halogens is 7. The van der Waals surface area contributed by atoms with E-state index in [0.717, 1.165) is 36.4 Å². The molecule has 0 unspecified atom stereocenters. The molecule has 0 saturated heterocycles. The molecule has 0 aliphatic carbocycles. The van der Waals surface area contributed by atoms with Gasteiger partial charge in [-0.25, -0.2) is 9.18 Å². The van der Waals surface area contributed by atoms with Gasteiger partial charge in [0.1, 0.15) is 22.8 Å². The summed E-state index contributed by atoms with van der Waals surface area (Å²) < 4.78 is 61.7. The summed E-state index contributed by atoms with van der Waals surface area (Å²) in [6.45, 7) is 0. The van der Waals surface area contributed by atoms with Crippen LogP contribution >= 0.6 is 34.8 Å². The first-order chi connectivity index (χ1) is 20.1. The molecule has 0 radical (unpaired) electrons. The van der Waals surface area contributed by atoms with E-state index >= 15 is 0 Å². The van der Waals surface area contributed by atoms with Crippen molar-refractivity contribution in [1.82, 2.24) is 0 Å². The van der Waals surface area contributed by atoms with Gasteiger partial charge in [-0.3, -0.25) is 20.2 Å². The number of hydrogen-bond donors (Lipinski definition) is 1. The molecule has 0 spiro atoms. The minimum atomic E-state index is -4.58. The van der Waals surface area contributed by atoms with Crippen LogP contribution in [0.5, 0.6) is 23.0 Å². The predicted molar refractivity (Wildman–Crippen MR) is 146 cm³/mol. The molecule has 0 aliphatic rings. The number of nitro benzene ring substituents is 2. The third kappa shape index (κ3) is 8.67. The Hall–Kier alpha value is -4.66. The number of nitro groups is 2. The van der Waals surface area contributed by atoms with E-state index in [1.807, 2.05) is 0 Å². The summed E-state index contributed by atoms with van der Waals surface area (Å²) in [5, 5.41) is 30.0. The summed E-state index contributed by atoms with van der Waals surface area (Å²) in [5.74, 6) is -2.50. The Morgan fingerprint density at radius 3 is 1.93 bits per heavy atom. The van der Waals surface area contributed by atoms with Crippen LogP contribution in [0.4, 0.5) is 28.9 Å². The molecule has 0 amide bonds. The zero-order chi connectivity index (χ0) is 32.1. The fourth-order valence-corrected chi connectivity index (χ4v) is 3.90. The number of nitrogens with zero attached hydrogens (tertiary/aromatic N) is 2. The Balaban J connectivity index is 0.000000242. The number of alkyl halides is 3. The zero-order valence-electron chi connectivity index (χ0n) is 20.8. The maximum atomic E-state index is 13.6. The lowest BCUT2D eigenvalue weighted by atomic mass is 10.1. The maximum absolute atomic E-state index is 13.6. The van der Waals surface area contributed by atoms with Gasteiger partial charge >= 0.3 is 12.1 Å². The topological polar surface area (TPSA) is 142 Å². The molecule has 0 atom stereocenters. The highest BCUT2D eigenvalue weighted by Crippen LogP contribution is 2.38. The number of aromatic carboxylic acids is 1. The second kappa shape index (κ2) is 13.5. The van der Waals surface area contributed by atoms with Gasteiger partial charge in [0.2, 0.25) is 0 Å². The number of non-ortho nitro benzene ring substituents is 1. The molecule has 224 valence electrons. The molecule has 0 bridgehead atoms. The summed E-state index contributed by atoms with van der Waals surface area (Å²) in [7, 11) is 0. The molecule has 1 N–H and O–H groups in total. The van der Waals surface area contributed by atoms with Crippen molar-refractivity contribution < 1.29 is 46.8 Å². The summed E-state index contributed by atoms with van der Waals surface area (Å²) in [6, 6.07) is 12.9. The molecule has 4 aromatic carbocycles. The van der Waals surface area contributed by atoms with Crippen molar-refractivity contribution in [2.45, 2.75) is 6.18 Å². The van der Waals surface area contributed by atoms with E-state index < -0.39 is 44.6 Å². The summed E-state index contributed by atoms with van der Waals surface area (Å²) >= 11 is 17.2. The Bertz CT molecular complexity index is 1680. The van der Waals surface area contributed by atoms with Gasteiger partial charge in [0.15, 0.2) is 11.6 Å². The van der Waals surface area contributed by atoms with Crippen molar-refractivity contribution in [2.75, 3.05) is 0 Å². The van der Waals surface area contributed by atoms with Crippen LogP contribution in [-0.4, -0.2) is 20.9 Å². The first-order valence-electron chi connectivity index (χ1n) is 11.2. The Kier molecular flexibility index (Phi) is 10.3. The molecular formula is C26H13Cl3F4N2O8. The molecule has 17 heteroatoms. The molecule has 0 aromatic heterocycles. The normalized spacial score (nSPS) is 10.8. The van der Waals surface area contributed by atoms with E-state index in [1.165, 1.54) is 30.3 Å². The fourth-order valence-electron chi connectivity index (χ4n) is 3.18. The van der Waals surface area contributed by atoms with Crippen molar-refractivity contribution in [3.05, 3.63) is 125 Å². The van der Waals surface area contributed by atoms with E-state index in [4.69, 9.17) is 49.4 Å². The first kappa shape index (κ1) is 32.8. The molecule has 0 heterocycles. The van der Waals surface area contributed by atoms with Crippen LogP contribution in [0.15, 0.2) is 72.8 Å². The van der Waals surface area contributed by atoms with Crippen LogP contribution in [0, 0.1) is 26.0 Å². The number of rotatable bonds is 7. The number of benzene rings is 4. The molecule has 43 heavy (non-hydrogen) atoms. The standard InChI is InChI=1S/C14H7ClF3NO5.C12H6Cl2FNO3/c15-10-5-7(14(16,17)18)1-4-12(10)24-8-2-3-11(19(22)23)9(6-8)13(20)21;13-7-5-10(14)12(11(15)6-7)19-9-3-1-8(2-4-9)16(17)18/h1-6H,(H,20,21);1-6H. The van der Waals surface area contributed by atoms with E-state index in [9.17, 15) is 42.6 Å². The van der Waals surface area contributed by atoms with Crippen LogP contribution < -0.4 is 9.47 Å². The zero-order valence-corrected chi connectivity index (χ0v) is 23.0. The van der Waals surface area contributed by atoms with Gasteiger partial charge < -0.3 is 14.6 Å².